The number of aromatic nitrogens is 1. The topological polar surface area (TPSA) is 156 Å². The van der Waals surface area contributed by atoms with Crippen molar-refractivity contribution in [3.63, 3.8) is 0 Å². The molecule has 0 saturated carbocycles. The zero-order valence-electron chi connectivity index (χ0n) is 17.4. The van der Waals surface area contributed by atoms with Gasteiger partial charge in [-0.05, 0) is 26.0 Å². The highest BCUT2D eigenvalue weighted by atomic mass is 19.1. The number of benzene rings is 1. The number of ether oxygens (including phenoxy) is 3. The number of carbonyl (C=O) groups is 1. The summed E-state index contributed by atoms with van der Waals surface area (Å²) >= 11 is 0. The van der Waals surface area contributed by atoms with Crippen molar-refractivity contribution in [1.29, 1.82) is 0 Å². The second-order valence-electron chi connectivity index (χ2n) is 7.82. The first-order chi connectivity index (χ1) is 15.1. The van der Waals surface area contributed by atoms with E-state index >= 15 is 0 Å². The van der Waals surface area contributed by atoms with Gasteiger partial charge in [0.2, 0.25) is 5.82 Å². The van der Waals surface area contributed by atoms with Gasteiger partial charge in [-0.25, -0.2) is 14.2 Å². The zero-order valence-corrected chi connectivity index (χ0v) is 17.4. The lowest BCUT2D eigenvalue weighted by atomic mass is 10.0. The Kier molecular flexibility index (Phi) is 5.36. The fraction of sp³-hybridized carbons (Fsp3) is 0.400. The fourth-order valence-corrected chi connectivity index (χ4v) is 3.93. The SMILES string of the molecule is CC(OC(N)=O)C1Cc2cc(F)cc(CN3c4nc(N)c([N+](=O)[O-])cc4OC[C@H]3C)c2O1. The summed E-state index contributed by atoms with van der Waals surface area (Å²) in [6.07, 6.45) is -1.70. The lowest BCUT2D eigenvalue weighted by molar-refractivity contribution is -0.384. The van der Waals surface area contributed by atoms with Gasteiger partial charge in [0.1, 0.15) is 30.4 Å². The van der Waals surface area contributed by atoms with Crippen molar-refractivity contribution >= 4 is 23.4 Å². The number of carbonyl (C=O) groups excluding carboxylic acids is 1. The highest BCUT2D eigenvalue weighted by Crippen LogP contribution is 2.41. The molecule has 1 amide bonds. The molecule has 11 nitrogen and oxygen atoms in total. The molecule has 170 valence electrons. The van der Waals surface area contributed by atoms with E-state index < -0.39 is 29.0 Å². The molecule has 2 aliphatic rings. The van der Waals surface area contributed by atoms with Gasteiger partial charge in [0.25, 0.3) is 0 Å². The van der Waals surface area contributed by atoms with Crippen LogP contribution in [0.15, 0.2) is 18.2 Å². The van der Waals surface area contributed by atoms with Gasteiger partial charge in [-0.2, -0.15) is 0 Å². The molecule has 0 saturated heterocycles. The standard InChI is InChI=1S/C20H22FN5O6/c1-9-8-30-16-6-14(26(28)29)18(22)24-19(16)25(9)7-12-4-13(21)3-11-5-15(32-17(11)12)10(2)31-20(23)27/h3-4,6,9-10,15H,5,7-8H2,1-2H3,(H2,22,24)(H2,23,27)/t9-,10?,15?/m1/s1. The van der Waals surface area contributed by atoms with Crippen LogP contribution in [0.4, 0.5) is 26.5 Å². The fourth-order valence-electron chi connectivity index (χ4n) is 3.93. The molecule has 3 atom stereocenters. The minimum absolute atomic E-state index is 0.177. The molecule has 32 heavy (non-hydrogen) atoms. The van der Waals surface area contributed by atoms with Crippen LogP contribution in [0.5, 0.6) is 11.5 Å². The molecular formula is C20H22FN5O6. The van der Waals surface area contributed by atoms with Crippen LogP contribution in [-0.4, -0.2) is 40.9 Å². The third kappa shape index (κ3) is 3.90. The van der Waals surface area contributed by atoms with Crippen LogP contribution in [-0.2, 0) is 17.7 Å². The first-order valence-electron chi connectivity index (χ1n) is 9.92. The quantitative estimate of drug-likeness (QED) is 0.518. The van der Waals surface area contributed by atoms with E-state index in [0.29, 0.717) is 29.1 Å². The van der Waals surface area contributed by atoms with Gasteiger partial charge >= 0.3 is 11.8 Å². The molecule has 2 aliphatic heterocycles. The average molecular weight is 447 g/mol. The van der Waals surface area contributed by atoms with Crippen LogP contribution in [0, 0.1) is 15.9 Å². The maximum absolute atomic E-state index is 14.4. The molecule has 0 fully saturated rings. The number of hydrogen-bond donors (Lipinski definition) is 2. The second-order valence-corrected chi connectivity index (χ2v) is 7.82. The summed E-state index contributed by atoms with van der Waals surface area (Å²) in [5.41, 5.74) is 11.7. The predicted molar refractivity (Wildman–Crippen MR) is 111 cm³/mol. The zero-order chi connectivity index (χ0) is 23.2. The Balaban J connectivity index is 1.66. The number of pyridine rings is 1. The van der Waals surface area contributed by atoms with E-state index in [1.54, 1.807) is 6.92 Å². The van der Waals surface area contributed by atoms with Crippen molar-refractivity contribution in [2.75, 3.05) is 17.2 Å². The largest absolute Gasteiger partial charge is 0.487 e. The lowest BCUT2D eigenvalue weighted by Crippen LogP contribution is -2.41. The number of fused-ring (bicyclic) bond motifs is 2. The van der Waals surface area contributed by atoms with Crippen molar-refractivity contribution in [3.05, 3.63) is 45.3 Å². The van der Waals surface area contributed by atoms with Gasteiger partial charge in [0.15, 0.2) is 11.6 Å². The predicted octanol–water partition coefficient (Wildman–Crippen LogP) is 2.29. The van der Waals surface area contributed by atoms with Crippen molar-refractivity contribution < 1.29 is 28.3 Å². The van der Waals surface area contributed by atoms with E-state index in [9.17, 15) is 19.3 Å². The minimum Gasteiger partial charge on any atom is -0.487 e. The third-order valence-electron chi connectivity index (χ3n) is 5.52. The summed E-state index contributed by atoms with van der Waals surface area (Å²) in [5.74, 6) is 0.356. The van der Waals surface area contributed by atoms with E-state index in [4.69, 9.17) is 25.7 Å². The van der Waals surface area contributed by atoms with Gasteiger partial charge in [-0.15, -0.1) is 0 Å². The van der Waals surface area contributed by atoms with Gasteiger partial charge in [-0.1, -0.05) is 0 Å². The number of nitrogens with two attached hydrogens (primary N) is 2. The Morgan fingerprint density at radius 2 is 2.22 bits per heavy atom. The number of rotatable bonds is 5. The van der Waals surface area contributed by atoms with Crippen LogP contribution >= 0.6 is 0 Å². The first kappa shape index (κ1) is 21.4. The molecule has 4 rings (SSSR count). The van der Waals surface area contributed by atoms with Crippen LogP contribution in [0.2, 0.25) is 0 Å². The van der Waals surface area contributed by atoms with Crippen LogP contribution < -0.4 is 25.8 Å². The number of hydrogen-bond acceptors (Lipinski definition) is 9. The lowest BCUT2D eigenvalue weighted by Gasteiger charge is -2.36. The number of nitro groups is 1. The first-order valence-corrected chi connectivity index (χ1v) is 9.92. The number of primary amides is 1. The molecule has 0 aliphatic carbocycles. The molecule has 1 aromatic carbocycles. The van der Waals surface area contributed by atoms with E-state index in [1.165, 1.54) is 18.2 Å². The minimum atomic E-state index is -0.917. The Labute approximate surface area is 182 Å². The summed E-state index contributed by atoms with van der Waals surface area (Å²) in [7, 11) is 0. The van der Waals surface area contributed by atoms with Gasteiger partial charge < -0.3 is 30.6 Å². The molecule has 2 unspecified atom stereocenters. The van der Waals surface area contributed by atoms with E-state index in [-0.39, 0.29) is 36.4 Å². The maximum Gasteiger partial charge on any atom is 0.404 e. The van der Waals surface area contributed by atoms with Crippen LogP contribution in [0.25, 0.3) is 0 Å². The Hall–Kier alpha value is -3.83. The molecule has 0 bridgehead atoms. The average Bonchev–Trinajstić information content (AvgIpc) is 3.13. The Morgan fingerprint density at radius 1 is 1.47 bits per heavy atom. The number of nitrogen functional groups attached to an aromatic ring is 1. The second kappa shape index (κ2) is 8.02. The summed E-state index contributed by atoms with van der Waals surface area (Å²) in [4.78, 5) is 27.6. The van der Waals surface area contributed by atoms with Gasteiger partial charge in [0, 0.05) is 24.1 Å². The number of anilines is 2. The van der Waals surface area contributed by atoms with E-state index in [2.05, 4.69) is 4.98 Å². The smallest absolute Gasteiger partial charge is 0.404 e. The number of halogens is 1. The normalized spacial score (nSPS) is 19.9. The van der Waals surface area contributed by atoms with Crippen LogP contribution in [0.1, 0.15) is 25.0 Å². The van der Waals surface area contributed by atoms with E-state index in [0.717, 1.165) is 0 Å². The summed E-state index contributed by atoms with van der Waals surface area (Å²) in [5, 5.41) is 11.2. The number of amides is 1. The highest BCUT2D eigenvalue weighted by molar-refractivity contribution is 5.67. The highest BCUT2D eigenvalue weighted by Gasteiger charge is 2.35. The molecule has 3 heterocycles. The third-order valence-corrected chi connectivity index (χ3v) is 5.52. The Bertz CT molecular complexity index is 1100. The monoisotopic (exact) mass is 447 g/mol. The van der Waals surface area contributed by atoms with Gasteiger partial charge in [0.05, 0.1) is 17.0 Å². The molecule has 4 N–H and O–H groups in total. The Morgan fingerprint density at radius 3 is 2.91 bits per heavy atom. The van der Waals surface area contributed by atoms with E-state index in [1.807, 2.05) is 11.8 Å². The van der Waals surface area contributed by atoms with Crippen molar-refractivity contribution in [2.24, 2.45) is 5.73 Å². The maximum atomic E-state index is 14.4. The van der Waals surface area contributed by atoms with Crippen molar-refractivity contribution in [2.45, 2.75) is 45.1 Å². The summed E-state index contributed by atoms with van der Waals surface area (Å²) < 4.78 is 31.0. The molecule has 0 spiro atoms. The molecule has 0 radical (unpaired) electrons. The summed E-state index contributed by atoms with van der Waals surface area (Å²) in [6, 6.07) is 3.80. The molecular weight excluding hydrogens is 425 g/mol. The van der Waals surface area contributed by atoms with Crippen molar-refractivity contribution in [3.8, 4) is 11.5 Å². The van der Waals surface area contributed by atoms with Crippen molar-refractivity contribution in [1.82, 2.24) is 4.98 Å². The molecule has 2 aromatic rings. The molecule has 12 heteroatoms. The van der Waals surface area contributed by atoms with Crippen LogP contribution in [0.3, 0.4) is 0 Å². The summed E-state index contributed by atoms with van der Waals surface area (Å²) in [6.45, 7) is 3.98. The van der Waals surface area contributed by atoms with Gasteiger partial charge in [-0.3, -0.25) is 10.1 Å². The number of nitrogens with zero attached hydrogens (tertiary/aromatic N) is 3. The molecule has 1 aromatic heterocycles.